The average molecular weight is 218 g/mol. The largest absolute Gasteiger partial charge is 0.395 e. The van der Waals surface area contributed by atoms with E-state index in [-0.39, 0.29) is 18.7 Å². The number of ether oxygens (including phenoxy) is 1. The molecule has 2 unspecified atom stereocenters. The molecule has 0 aromatic heterocycles. The molecule has 0 saturated heterocycles. The van der Waals surface area contributed by atoms with Crippen LogP contribution < -0.4 is 10.6 Å². The van der Waals surface area contributed by atoms with Crippen molar-refractivity contribution in [3.8, 4) is 0 Å². The molecule has 0 saturated carbocycles. The van der Waals surface area contributed by atoms with E-state index >= 15 is 0 Å². The summed E-state index contributed by atoms with van der Waals surface area (Å²) in [7, 11) is 0. The Morgan fingerprint density at radius 2 is 1.80 bits per heavy atom. The fourth-order valence-electron chi connectivity index (χ4n) is 1.27. The number of hydrogen-bond acceptors (Lipinski definition) is 4. The van der Waals surface area contributed by atoms with E-state index < -0.39 is 0 Å². The van der Waals surface area contributed by atoms with Crippen LogP contribution in [0.3, 0.4) is 0 Å². The van der Waals surface area contributed by atoms with E-state index in [0.29, 0.717) is 12.6 Å². The third-order valence-electron chi connectivity index (χ3n) is 2.01. The van der Waals surface area contributed by atoms with Crippen LogP contribution in [-0.4, -0.2) is 49.6 Å². The van der Waals surface area contributed by atoms with Gasteiger partial charge in [0, 0.05) is 24.7 Å². The first-order valence-electron chi connectivity index (χ1n) is 5.74. The van der Waals surface area contributed by atoms with Crippen molar-refractivity contribution in [2.24, 2.45) is 0 Å². The molecule has 4 nitrogen and oxygen atoms in total. The van der Waals surface area contributed by atoms with Crippen molar-refractivity contribution >= 4 is 0 Å². The van der Waals surface area contributed by atoms with Crippen LogP contribution in [-0.2, 0) is 4.74 Å². The SMILES string of the molecule is CC(C)NCCOCC(C)NC(C)CO. The number of aliphatic hydroxyl groups excluding tert-OH is 1. The summed E-state index contributed by atoms with van der Waals surface area (Å²) in [5, 5.41) is 15.4. The van der Waals surface area contributed by atoms with Gasteiger partial charge in [-0.2, -0.15) is 0 Å². The standard InChI is InChI=1S/C11H26N2O2/c1-9(2)12-5-6-15-8-11(4)13-10(3)7-14/h9-14H,5-8H2,1-4H3. The second-order valence-corrected chi connectivity index (χ2v) is 4.34. The van der Waals surface area contributed by atoms with Crippen molar-refractivity contribution < 1.29 is 9.84 Å². The first-order chi connectivity index (χ1) is 7.06. The lowest BCUT2D eigenvalue weighted by Gasteiger charge is -2.18. The molecule has 0 heterocycles. The lowest BCUT2D eigenvalue weighted by Crippen LogP contribution is -2.40. The Kier molecular flexibility index (Phi) is 9.00. The van der Waals surface area contributed by atoms with Gasteiger partial charge in [-0.25, -0.2) is 0 Å². The van der Waals surface area contributed by atoms with Gasteiger partial charge in [-0.1, -0.05) is 13.8 Å². The molecule has 0 aliphatic carbocycles. The molecule has 0 aromatic carbocycles. The van der Waals surface area contributed by atoms with Gasteiger partial charge in [0.2, 0.25) is 0 Å². The average Bonchev–Trinajstić information content (AvgIpc) is 2.16. The van der Waals surface area contributed by atoms with Crippen LogP contribution in [0.25, 0.3) is 0 Å². The molecule has 0 aliphatic heterocycles. The van der Waals surface area contributed by atoms with Crippen LogP contribution in [0.1, 0.15) is 27.7 Å². The molecule has 15 heavy (non-hydrogen) atoms. The van der Waals surface area contributed by atoms with E-state index in [2.05, 4.69) is 31.4 Å². The summed E-state index contributed by atoms with van der Waals surface area (Å²) < 4.78 is 5.48. The molecule has 0 rings (SSSR count). The van der Waals surface area contributed by atoms with Gasteiger partial charge in [0.25, 0.3) is 0 Å². The van der Waals surface area contributed by atoms with Crippen LogP contribution in [0.2, 0.25) is 0 Å². The second-order valence-electron chi connectivity index (χ2n) is 4.34. The fraction of sp³-hybridized carbons (Fsp3) is 1.00. The molecule has 0 fully saturated rings. The molecule has 0 radical (unpaired) electrons. The maximum atomic E-state index is 8.84. The van der Waals surface area contributed by atoms with Crippen LogP contribution in [0.15, 0.2) is 0 Å². The first-order valence-corrected chi connectivity index (χ1v) is 5.74. The maximum absolute atomic E-state index is 8.84. The lowest BCUT2D eigenvalue weighted by molar-refractivity contribution is 0.109. The molecular weight excluding hydrogens is 192 g/mol. The zero-order valence-corrected chi connectivity index (χ0v) is 10.4. The Labute approximate surface area is 93.4 Å². The normalized spacial score (nSPS) is 15.6. The van der Waals surface area contributed by atoms with Gasteiger partial charge in [0.15, 0.2) is 0 Å². The van der Waals surface area contributed by atoms with Gasteiger partial charge in [-0.3, -0.25) is 0 Å². The topological polar surface area (TPSA) is 53.5 Å². The van der Waals surface area contributed by atoms with Gasteiger partial charge >= 0.3 is 0 Å². The van der Waals surface area contributed by atoms with Crippen LogP contribution in [0, 0.1) is 0 Å². The minimum absolute atomic E-state index is 0.136. The van der Waals surface area contributed by atoms with Crippen molar-refractivity contribution in [2.75, 3.05) is 26.4 Å². The Morgan fingerprint density at radius 3 is 2.33 bits per heavy atom. The molecular formula is C11H26N2O2. The van der Waals surface area contributed by atoms with E-state index in [1.165, 1.54) is 0 Å². The van der Waals surface area contributed by atoms with E-state index in [9.17, 15) is 0 Å². The fourth-order valence-corrected chi connectivity index (χ4v) is 1.27. The molecule has 4 heteroatoms. The Hall–Kier alpha value is -0.160. The van der Waals surface area contributed by atoms with Gasteiger partial charge in [-0.05, 0) is 13.8 Å². The summed E-state index contributed by atoms with van der Waals surface area (Å²) in [5.74, 6) is 0. The number of rotatable bonds is 9. The first kappa shape index (κ1) is 14.8. The highest BCUT2D eigenvalue weighted by Gasteiger charge is 2.05. The van der Waals surface area contributed by atoms with Crippen LogP contribution in [0.5, 0.6) is 0 Å². The quantitative estimate of drug-likeness (QED) is 0.489. The van der Waals surface area contributed by atoms with Gasteiger partial charge in [0.1, 0.15) is 0 Å². The monoisotopic (exact) mass is 218 g/mol. The van der Waals surface area contributed by atoms with Gasteiger partial charge in [-0.15, -0.1) is 0 Å². The molecule has 0 bridgehead atoms. The zero-order chi connectivity index (χ0) is 11.7. The minimum Gasteiger partial charge on any atom is -0.395 e. The summed E-state index contributed by atoms with van der Waals surface area (Å²) in [5.41, 5.74) is 0. The Morgan fingerprint density at radius 1 is 1.13 bits per heavy atom. The highest BCUT2D eigenvalue weighted by molar-refractivity contribution is 4.65. The van der Waals surface area contributed by atoms with Crippen molar-refractivity contribution in [1.82, 2.24) is 10.6 Å². The van der Waals surface area contributed by atoms with Crippen molar-refractivity contribution in [2.45, 2.75) is 45.8 Å². The third-order valence-corrected chi connectivity index (χ3v) is 2.01. The number of aliphatic hydroxyl groups is 1. The molecule has 92 valence electrons. The van der Waals surface area contributed by atoms with Crippen LogP contribution >= 0.6 is 0 Å². The van der Waals surface area contributed by atoms with E-state index in [4.69, 9.17) is 9.84 Å². The summed E-state index contributed by atoms with van der Waals surface area (Å²) in [6.45, 7) is 10.7. The molecule has 0 amide bonds. The second kappa shape index (κ2) is 9.09. The van der Waals surface area contributed by atoms with Crippen molar-refractivity contribution in [3.63, 3.8) is 0 Å². The van der Waals surface area contributed by atoms with E-state index in [1.807, 2.05) is 6.92 Å². The summed E-state index contributed by atoms with van der Waals surface area (Å²) in [4.78, 5) is 0. The molecule has 0 aliphatic rings. The predicted molar refractivity (Wildman–Crippen MR) is 63.1 cm³/mol. The molecule has 0 aromatic rings. The lowest BCUT2D eigenvalue weighted by atomic mass is 10.3. The van der Waals surface area contributed by atoms with E-state index in [0.717, 1.165) is 13.2 Å². The molecule has 2 atom stereocenters. The van der Waals surface area contributed by atoms with E-state index in [1.54, 1.807) is 0 Å². The Bertz CT molecular complexity index is 143. The van der Waals surface area contributed by atoms with Gasteiger partial charge < -0.3 is 20.5 Å². The molecule has 3 N–H and O–H groups in total. The van der Waals surface area contributed by atoms with Crippen molar-refractivity contribution in [3.05, 3.63) is 0 Å². The summed E-state index contributed by atoms with van der Waals surface area (Å²) in [6, 6.07) is 0.933. The maximum Gasteiger partial charge on any atom is 0.0617 e. The third kappa shape index (κ3) is 10.1. The molecule has 0 spiro atoms. The number of nitrogens with one attached hydrogen (secondary N) is 2. The number of hydrogen-bond donors (Lipinski definition) is 3. The highest BCUT2D eigenvalue weighted by atomic mass is 16.5. The van der Waals surface area contributed by atoms with Gasteiger partial charge in [0.05, 0.1) is 19.8 Å². The van der Waals surface area contributed by atoms with Crippen LogP contribution in [0.4, 0.5) is 0 Å². The summed E-state index contributed by atoms with van der Waals surface area (Å²) in [6.07, 6.45) is 0. The van der Waals surface area contributed by atoms with Crippen molar-refractivity contribution in [1.29, 1.82) is 0 Å². The summed E-state index contributed by atoms with van der Waals surface area (Å²) >= 11 is 0. The highest BCUT2D eigenvalue weighted by Crippen LogP contribution is 1.88. The predicted octanol–water partition coefficient (Wildman–Crippen LogP) is 0.360. The smallest absolute Gasteiger partial charge is 0.0617 e. The zero-order valence-electron chi connectivity index (χ0n) is 10.4. The Balaban J connectivity index is 3.27. The minimum atomic E-state index is 0.136.